The molecule has 1 aliphatic heterocycles. The summed E-state index contributed by atoms with van der Waals surface area (Å²) < 4.78 is 68.2. The molecule has 1 unspecified atom stereocenters. The van der Waals surface area contributed by atoms with Gasteiger partial charge in [0.2, 0.25) is 0 Å². The highest BCUT2D eigenvalue weighted by molar-refractivity contribution is 7.91. The number of sulfone groups is 1. The minimum Gasteiger partial charge on any atom is -0.489 e. The summed E-state index contributed by atoms with van der Waals surface area (Å²) in [4.78, 5) is 15.1. The molecule has 0 saturated carbocycles. The lowest BCUT2D eigenvalue weighted by atomic mass is 10.1. The molecular formula is C28H29F3N2O5S. The minimum absolute atomic E-state index is 0.0211. The molecule has 0 radical (unpaired) electrons. The number of aliphatic hydroxyl groups is 1. The zero-order chi connectivity index (χ0) is 28.2. The smallest absolute Gasteiger partial charge is 0.416 e. The van der Waals surface area contributed by atoms with Crippen molar-refractivity contribution in [3.63, 3.8) is 0 Å². The van der Waals surface area contributed by atoms with Crippen LogP contribution < -0.4 is 15.0 Å². The van der Waals surface area contributed by atoms with Gasteiger partial charge in [-0.3, -0.25) is 4.79 Å². The Hall–Kier alpha value is -3.57. The maximum Gasteiger partial charge on any atom is 0.416 e. The maximum absolute atomic E-state index is 12.8. The second-order valence-corrected chi connectivity index (χ2v) is 11.5. The van der Waals surface area contributed by atoms with E-state index in [-0.39, 0.29) is 23.4 Å². The molecule has 2 N–H and O–H groups in total. The summed E-state index contributed by atoms with van der Waals surface area (Å²) in [5, 5.41) is 12.6. The fourth-order valence-corrected chi connectivity index (χ4v) is 5.23. The van der Waals surface area contributed by atoms with E-state index in [0.29, 0.717) is 36.4 Å². The van der Waals surface area contributed by atoms with Gasteiger partial charge in [-0.1, -0.05) is 19.1 Å². The Morgan fingerprint density at radius 2 is 1.69 bits per heavy atom. The van der Waals surface area contributed by atoms with Crippen molar-refractivity contribution in [1.82, 2.24) is 5.32 Å². The molecular weight excluding hydrogens is 533 g/mol. The molecule has 7 nitrogen and oxygen atoms in total. The van der Waals surface area contributed by atoms with Gasteiger partial charge in [0.1, 0.15) is 11.9 Å². The number of aliphatic hydroxyl groups excluding tert-OH is 1. The van der Waals surface area contributed by atoms with Crippen molar-refractivity contribution >= 4 is 21.4 Å². The molecule has 2 atom stereocenters. The van der Waals surface area contributed by atoms with E-state index < -0.39 is 33.5 Å². The van der Waals surface area contributed by atoms with Gasteiger partial charge in [-0.2, -0.15) is 13.2 Å². The number of ether oxygens (including phenoxy) is 1. The van der Waals surface area contributed by atoms with Gasteiger partial charge in [-0.15, -0.1) is 0 Å². The van der Waals surface area contributed by atoms with Crippen LogP contribution in [0.3, 0.4) is 0 Å². The van der Waals surface area contributed by atoms with Gasteiger partial charge in [0, 0.05) is 24.2 Å². The number of carbonyl (C=O) groups excluding carboxylic acids is 1. The minimum atomic E-state index is -4.39. The van der Waals surface area contributed by atoms with E-state index in [4.69, 9.17) is 4.74 Å². The lowest BCUT2D eigenvalue weighted by Crippen LogP contribution is -2.31. The number of nitrogens with zero attached hydrogens (tertiary/aromatic N) is 1. The quantitative estimate of drug-likeness (QED) is 0.395. The van der Waals surface area contributed by atoms with Gasteiger partial charge in [0.15, 0.2) is 9.84 Å². The SMILES string of the molecule is CCS(=O)(=O)c1ccc(C(CO)NC(=O)c2ccc(N3CC[C@H](Oc4ccc(C(F)(F)F)cc4)C3)cc2)cc1. The number of anilines is 1. The molecule has 0 aromatic heterocycles. The molecule has 1 aliphatic rings. The Bertz CT molecular complexity index is 1380. The normalized spacial score (nSPS) is 16.6. The van der Waals surface area contributed by atoms with E-state index in [1.807, 2.05) is 0 Å². The van der Waals surface area contributed by atoms with Crippen molar-refractivity contribution in [2.24, 2.45) is 0 Å². The summed E-state index contributed by atoms with van der Waals surface area (Å²) in [5.74, 6) is -0.0371. The van der Waals surface area contributed by atoms with Gasteiger partial charge in [0.05, 0.1) is 35.4 Å². The van der Waals surface area contributed by atoms with Crippen LogP contribution in [0.1, 0.15) is 40.9 Å². The summed E-state index contributed by atoms with van der Waals surface area (Å²) in [6, 6.07) is 16.9. The van der Waals surface area contributed by atoms with Crippen LogP contribution >= 0.6 is 0 Å². The average molecular weight is 563 g/mol. The Balaban J connectivity index is 1.34. The molecule has 1 amide bonds. The lowest BCUT2D eigenvalue weighted by molar-refractivity contribution is -0.137. The van der Waals surface area contributed by atoms with Crippen LogP contribution in [0.5, 0.6) is 5.75 Å². The fourth-order valence-electron chi connectivity index (χ4n) is 4.35. The molecule has 1 saturated heterocycles. The van der Waals surface area contributed by atoms with Gasteiger partial charge in [-0.05, 0) is 66.2 Å². The third kappa shape index (κ3) is 6.90. The van der Waals surface area contributed by atoms with Gasteiger partial charge < -0.3 is 20.1 Å². The van der Waals surface area contributed by atoms with Crippen molar-refractivity contribution in [3.05, 3.63) is 89.5 Å². The van der Waals surface area contributed by atoms with Crippen LogP contribution in [0.4, 0.5) is 18.9 Å². The van der Waals surface area contributed by atoms with Crippen LogP contribution in [0.25, 0.3) is 0 Å². The highest BCUT2D eigenvalue weighted by Crippen LogP contribution is 2.31. The zero-order valence-corrected chi connectivity index (χ0v) is 22.0. The summed E-state index contributed by atoms with van der Waals surface area (Å²) >= 11 is 0. The van der Waals surface area contributed by atoms with E-state index >= 15 is 0 Å². The van der Waals surface area contributed by atoms with Crippen molar-refractivity contribution in [2.75, 3.05) is 30.3 Å². The van der Waals surface area contributed by atoms with E-state index in [9.17, 15) is 31.5 Å². The molecule has 1 heterocycles. The average Bonchev–Trinajstić information content (AvgIpc) is 3.40. The third-order valence-corrected chi connectivity index (χ3v) is 8.38. The first-order chi connectivity index (χ1) is 18.5. The Morgan fingerprint density at radius 3 is 2.26 bits per heavy atom. The van der Waals surface area contributed by atoms with E-state index in [1.54, 1.807) is 43.3 Å². The lowest BCUT2D eigenvalue weighted by Gasteiger charge is -2.20. The molecule has 39 heavy (non-hydrogen) atoms. The number of amides is 1. The van der Waals surface area contributed by atoms with Crippen LogP contribution in [0.15, 0.2) is 77.7 Å². The molecule has 4 rings (SSSR count). The number of rotatable bonds is 9. The van der Waals surface area contributed by atoms with Crippen LogP contribution in [0, 0.1) is 0 Å². The highest BCUT2D eigenvalue weighted by atomic mass is 32.2. The Labute approximate surface area is 225 Å². The Kier molecular flexibility index (Phi) is 8.51. The van der Waals surface area contributed by atoms with Crippen molar-refractivity contribution in [2.45, 2.75) is 36.6 Å². The molecule has 0 aliphatic carbocycles. The second-order valence-electron chi connectivity index (χ2n) is 9.22. The van der Waals surface area contributed by atoms with Crippen LogP contribution in [-0.2, 0) is 16.0 Å². The molecule has 0 bridgehead atoms. The van der Waals surface area contributed by atoms with Crippen LogP contribution in [-0.4, -0.2) is 51.0 Å². The van der Waals surface area contributed by atoms with E-state index in [0.717, 1.165) is 17.8 Å². The highest BCUT2D eigenvalue weighted by Gasteiger charge is 2.30. The van der Waals surface area contributed by atoms with E-state index in [1.165, 1.54) is 24.3 Å². The molecule has 3 aromatic rings. The second kappa shape index (κ2) is 11.7. The standard InChI is InChI=1S/C28H29F3N2O5S/c1-2-39(36,37)25-13-5-19(6-14-25)26(18-34)32-27(35)20-3-9-22(10-4-20)33-16-15-24(17-33)38-23-11-7-21(8-12-23)28(29,30)31/h3-14,24,26,34H,2,15-18H2,1H3,(H,32,35)/t24-,26?/m0/s1. The predicted octanol–water partition coefficient (Wildman–Crippen LogP) is 4.62. The van der Waals surface area contributed by atoms with Crippen molar-refractivity contribution in [1.29, 1.82) is 0 Å². The number of carbonyl (C=O) groups is 1. The fraction of sp³-hybridized carbons (Fsp3) is 0.321. The largest absolute Gasteiger partial charge is 0.489 e. The number of halogens is 3. The van der Waals surface area contributed by atoms with Crippen LogP contribution in [0.2, 0.25) is 0 Å². The van der Waals surface area contributed by atoms with Gasteiger partial charge in [0.25, 0.3) is 5.91 Å². The Morgan fingerprint density at radius 1 is 1.05 bits per heavy atom. The summed E-state index contributed by atoms with van der Waals surface area (Å²) in [5.41, 5.74) is 1.11. The third-order valence-electron chi connectivity index (χ3n) is 6.63. The molecule has 208 valence electrons. The summed E-state index contributed by atoms with van der Waals surface area (Å²) in [7, 11) is -3.35. The van der Waals surface area contributed by atoms with Crippen molar-refractivity contribution in [3.8, 4) is 5.75 Å². The monoisotopic (exact) mass is 562 g/mol. The number of nitrogens with one attached hydrogen (secondary N) is 1. The first kappa shape index (κ1) is 28.4. The molecule has 0 spiro atoms. The summed E-state index contributed by atoms with van der Waals surface area (Å²) in [6.45, 7) is 2.43. The maximum atomic E-state index is 12.8. The topological polar surface area (TPSA) is 95.9 Å². The number of hydrogen-bond acceptors (Lipinski definition) is 6. The number of benzene rings is 3. The summed E-state index contributed by atoms with van der Waals surface area (Å²) in [6.07, 6.45) is -3.88. The number of alkyl halides is 3. The van der Waals surface area contributed by atoms with Crippen molar-refractivity contribution < 1.29 is 36.2 Å². The molecule has 3 aromatic carbocycles. The van der Waals surface area contributed by atoms with Gasteiger partial charge in [-0.25, -0.2) is 8.42 Å². The number of hydrogen-bond donors (Lipinski definition) is 2. The molecule has 11 heteroatoms. The molecule has 1 fully saturated rings. The predicted molar refractivity (Wildman–Crippen MR) is 141 cm³/mol. The van der Waals surface area contributed by atoms with E-state index in [2.05, 4.69) is 10.2 Å². The first-order valence-corrected chi connectivity index (χ1v) is 14.1. The first-order valence-electron chi connectivity index (χ1n) is 12.4. The van der Waals surface area contributed by atoms with Gasteiger partial charge >= 0.3 is 6.18 Å². The zero-order valence-electron chi connectivity index (χ0n) is 21.2.